The van der Waals surface area contributed by atoms with Crippen molar-refractivity contribution in [1.29, 1.82) is 0 Å². The molecule has 9 unspecified atom stereocenters. The Morgan fingerprint density at radius 1 is 0.862 bits per heavy atom. The first-order valence-electron chi connectivity index (χ1n) is 13.2. The Labute approximate surface area is 182 Å². The minimum absolute atomic E-state index is 0.380. The van der Waals surface area contributed by atoms with E-state index in [1.807, 2.05) is 13.8 Å². The molecule has 168 valence electrons. The number of fused-ring (bicyclic) bond motifs is 5. The molecule has 0 aliphatic heterocycles. The van der Waals surface area contributed by atoms with Crippen LogP contribution >= 0.6 is 0 Å². The van der Waals surface area contributed by atoms with E-state index >= 15 is 0 Å². The van der Waals surface area contributed by atoms with E-state index in [4.69, 9.17) is 0 Å². The van der Waals surface area contributed by atoms with E-state index in [0.717, 1.165) is 54.3 Å². The second-order valence-corrected chi connectivity index (χ2v) is 12.0. The zero-order valence-corrected chi connectivity index (χ0v) is 20.7. The van der Waals surface area contributed by atoms with Crippen LogP contribution in [0.5, 0.6) is 0 Å². The Morgan fingerprint density at radius 3 is 2.21 bits per heavy atom. The second-order valence-electron chi connectivity index (χ2n) is 12.0. The molecule has 1 heteroatoms. The van der Waals surface area contributed by atoms with Crippen molar-refractivity contribution in [2.45, 2.75) is 119 Å². The summed E-state index contributed by atoms with van der Waals surface area (Å²) < 4.78 is 0. The summed E-state index contributed by atoms with van der Waals surface area (Å²) >= 11 is 0. The van der Waals surface area contributed by atoms with Crippen molar-refractivity contribution in [3.8, 4) is 0 Å². The Kier molecular flexibility index (Phi) is 7.27. The van der Waals surface area contributed by atoms with Gasteiger partial charge in [-0.3, -0.25) is 0 Å². The first kappa shape index (κ1) is 23.3. The van der Waals surface area contributed by atoms with Gasteiger partial charge < -0.3 is 4.79 Å². The molecule has 4 saturated carbocycles. The lowest BCUT2D eigenvalue weighted by Crippen LogP contribution is -2.55. The smallest absolute Gasteiger partial charge is 0.129 e. The molecule has 4 fully saturated rings. The topological polar surface area (TPSA) is 17.1 Å². The number of hydrogen-bond acceptors (Lipinski definition) is 1. The molecule has 0 N–H and O–H groups in total. The van der Waals surface area contributed by atoms with Crippen LogP contribution in [0.15, 0.2) is 0 Å². The molecular weight excluding hydrogens is 352 g/mol. The summed E-state index contributed by atoms with van der Waals surface area (Å²) in [6.45, 7) is 16.2. The highest BCUT2D eigenvalue weighted by Gasteiger charge is 2.60. The average molecular weight is 403 g/mol. The van der Waals surface area contributed by atoms with Gasteiger partial charge in [0.1, 0.15) is 5.78 Å². The third kappa shape index (κ3) is 4.10. The van der Waals surface area contributed by atoms with Crippen molar-refractivity contribution in [3.63, 3.8) is 0 Å². The lowest BCUT2D eigenvalue weighted by atomic mass is 9.42. The molecular formula is C28H50O. The van der Waals surface area contributed by atoms with Gasteiger partial charge in [-0.1, -0.05) is 48.0 Å². The normalized spacial score (nSPS) is 48.6. The van der Waals surface area contributed by atoms with Crippen LogP contribution in [0.1, 0.15) is 119 Å². The number of ketones is 1. The van der Waals surface area contributed by atoms with Gasteiger partial charge in [0.2, 0.25) is 0 Å². The highest BCUT2D eigenvalue weighted by molar-refractivity contribution is 5.75. The minimum Gasteiger partial charge on any atom is -0.300 e. The predicted molar refractivity (Wildman–Crippen MR) is 125 cm³/mol. The molecule has 29 heavy (non-hydrogen) atoms. The Morgan fingerprint density at radius 2 is 1.52 bits per heavy atom. The van der Waals surface area contributed by atoms with Crippen molar-refractivity contribution < 1.29 is 4.79 Å². The minimum atomic E-state index is 0.380. The monoisotopic (exact) mass is 402 g/mol. The van der Waals surface area contributed by atoms with Crippen molar-refractivity contribution in [3.05, 3.63) is 0 Å². The number of hydrogen-bond donors (Lipinski definition) is 0. The Hall–Kier alpha value is -0.330. The second kappa shape index (κ2) is 9.04. The quantitative estimate of drug-likeness (QED) is 0.462. The third-order valence-corrected chi connectivity index (χ3v) is 10.6. The van der Waals surface area contributed by atoms with E-state index < -0.39 is 0 Å². The summed E-state index contributed by atoms with van der Waals surface area (Å²) in [5.41, 5.74) is 1.20. The van der Waals surface area contributed by atoms with E-state index in [-0.39, 0.29) is 0 Å². The molecule has 0 aromatic rings. The first-order valence-corrected chi connectivity index (χ1v) is 13.2. The van der Waals surface area contributed by atoms with Crippen LogP contribution in [-0.4, -0.2) is 5.78 Å². The molecule has 0 bridgehead atoms. The molecule has 0 spiro atoms. The fourth-order valence-electron chi connectivity index (χ4n) is 9.11. The largest absolute Gasteiger partial charge is 0.300 e. The van der Waals surface area contributed by atoms with E-state index in [9.17, 15) is 4.79 Å². The molecule has 4 aliphatic rings. The van der Waals surface area contributed by atoms with Gasteiger partial charge in [-0.15, -0.1) is 0 Å². The highest BCUT2D eigenvalue weighted by atomic mass is 16.1. The molecule has 0 amide bonds. The molecule has 4 rings (SSSR count). The molecule has 0 aromatic carbocycles. The predicted octanol–water partition coefficient (Wildman–Crippen LogP) is 8.31. The fraction of sp³-hybridized carbons (Fsp3) is 0.964. The summed E-state index contributed by atoms with van der Waals surface area (Å²) in [6.07, 6.45) is 15.1. The molecule has 9 atom stereocenters. The number of Topliss-reactive ketones (excluding diaryl/α,β-unsaturated/α-hetero) is 1. The van der Waals surface area contributed by atoms with Crippen LogP contribution in [0.2, 0.25) is 0 Å². The highest BCUT2D eigenvalue weighted by Crippen LogP contribution is 2.69. The van der Waals surface area contributed by atoms with Crippen LogP contribution in [-0.2, 0) is 4.79 Å². The van der Waals surface area contributed by atoms with E-state index in [1.165, 1.54) is 57.8 Å². The van der Waals surface area contributed by atoms with Crippen molar-refractivity contribution in [2.24, 2.45) is 52.3 Å². The molecule has 4 aliphatic carbocycles. The summed E-state index contributed by atoms with van der Waals surface area (Å²) in [7, 11) is 0. The van der Waals surface area contributed by atoms with Gasteiger partial charge in [0.15, 0.2) is 0 Å². The van der Waals surface area contributed by atoms with Crippen molar-refractivity contribution in [1.82, 2.24) is 0 Å². The average Bonchev–Trinajstić information content (AvgIpc) is 3.01. The first-order chi connectivity index (χ1) is 13.8. The Balaban J connectivity index is 0.00000117. The maximum Gasteiger partial charge on any atom is 0.129 e. The van der Waals surface area contributed by atoms with Crippen LogP contribution in [0.25, 0.3) is 0 Å². The number of carbonyl (C=O) groups is 1. The Bertz CT molecular complexity index is 567. The van der Waals surface area contributed by atoms with Crippen LogP contribution < -0.4 is 0 Å². The molecule has 0 aromatic heterocycles. The van der Waals surface area contributed by atoms with Gasteiger partial charge in [0.05, 0.1) is 0 Å². The standard InChI is InChI=1S/C26H44O.C2H6/c1-17-11-13-26(5)23-12-14-25(4)20(8-6-7-19(3)27)9-10-22(25)21(23)16-18(2)24(26)15-17;1-2/h17-18,20-24H,6-16H2,1-5H3;1-2H3. The third-order valence-electron chi connectivity index (χ3n) is 10.6. The molecule has 0 saturated heterocycles. The van der Waals surface area contributed by atoms with Crippen molar-refractivity contribution in [2.75, 3.05) is 0 Å². The summed E-state index contributed by atoms with van der Waals surface area (Å²) in [6, 6.07) is 0. The van der Waals surface area contributed by atoms with Gasteiger partial charge in [-0.25, -0.2) is 0 Å². The van der Waals surface area contributed by atoms with E-state index in [1.54, 1.807) is 6.92 Å². The van der Waals surface area contributed by atoms with E-state index in [2.05, 4.69) is 27.7 Å². The number of carbonyl (C=O) groups excluding carboxylic acids is 1. The van der Waals surface area contributed by atoms with Gasteiger partial charge >= 0.3 is 0 Å². The molecule has 1 nitrogen and oxygen atoms in total. The molecule has 0 heterocycles. The number of rotatable bonds is 4. The van der Waals surface area contributed by atoms with Crippen molar-refractivity contribution >= 4 is 5.78 Å². The van der Waals surface area contributed by atoms with Crippen LogP contribution in [0, 0.1) is 52.3 Å². The summed E-state index contributed by atoms with van der Waals surface area (Å²) in [5.74, 6) is 7.09. The zero-order chi connectivity index (χ0) is 21.4. The maximum atomic E-state index is 11.4. The van der Waals surface area contributed by atoms with Gasteiger partial charge in [0.25, 0.3) is 0 Å². The lowest BCUT2D eigenvalue weighted by molar-refractivity contribution is -0.138. The SMILES string of the molecule is CC.CC(=O)CCCC1CCC2C3CC(C)C4CC(C)CCC4(C)C3CCC12C. The van der Waals surface area contributed by atoms with Crippen LogP contribution in [0.3, 0.4) is 0 Å². The van der Waals surface area contributed by atoms with Gasteiger partial charge in [-0.05, 0) is 117 Å². The lowest BCUT2D eigenvalue weighted by Gasteiger charge is -2.63. The summed E-state index contributed by atoms with van der Waals surface area (Å²) in [4.78, 5) is 11.4. The summed E-state index contributed by atoms with van der Waals surface area (Å²) in [5, 5.41) is 0. The van der Waals surface area contributed by atoms with Crippen LogP contribution in [0.4, 0.5) is 0 Å². The zero-order valence-electron chi connectivity index (χ0n) is 20.7. The van der Waals surface area contributed by atoms with Gasteiger partial charge in [-0.2, -0.15) is 0 Å². The van der Waals surface area contributed by atoms with Gasteiger partial charge in [0, 0.05) is 6.42 Å². The maximum absolute atomic E-state index is 11.4. The fourth-order valence-corrected chi connectivity index (χ4v) is 9.11. The molecule has 0 radical (unpaired) electrons. The van der Waals surface area contributed by atoms with E-state index in [0.29, 0.717) is 16.6 Å².